The third kappa shape index (κ3) is 4.62. The van der Waals surface area contributed by atoms with Crippen LogP contribution in [0.25, 0.3) is 26.3 Å². The summed E-state index contributed by atoms with van der Waals surface area (Å²) in [6.45, 7) is 7.43. The summed E-state index contributed by atoms with van der Waals surface area (Å²) >= 11 is 14.0. The van der Waals surface area contributed by atoms with Crippen molar-refractivity contribution in [3.63, 3.8) is 0 Å². The molecule has 7 nitrogen and oxygen atoms in total. The van der Waals surface area contributed by atoms with E-state index in [9.17, 15) is 9.50 Å². The van der Waals surface area contributed by atoms with E-state index in [0.29, 0.717) is 62.6 Å². The smallest absolute Gasteiger partial charge is 0.191 e. The quantitative estimate of drug-likeness (QED) is 0.245. The molecule has 190 valence electrons. The standard InChI is InChI=1S/C26H21Cl2FN4O3S/c1-30-14-8-19(29)23-20(9-14)37-25(32-23)26(34)6-4-15(5-7-26)35-12-16-22(33-36-24(16)13-2-3-13)21-17(27)10-31-11-18(21)28/h8-11,13,15,34H,2-7,12H2. The molecular formula is C26H21Cl2FN4O3S. The van der Waals surface area contributed by atoms with E-state index in [1.54, 1.807) is 6.07 Å². The Labute approximate surface area is 226 Å². The molecule has 37 heavy (non-hydrogen) atoms. The van der Waals surface area contributed by atoms with Crippen molar-refractivity contribution in [1.82, 2.24) is 15.1 Å². The van der Waals surface area contributed by atoms with Gasteiger partial charge in [-0.2, -0.15) is 0 Å². The van der Waals surface area contributed by atoms with Gasteiger partial charge in [0.2, 0.25) is 0 Å². The van der Waals surface area contributed by atoms with Crippen molar-refractivity contribution in [1.29, 1.82) is 0 Å². The van der Waals surface area contributed by atoms with Gasteiger partial charge < -0.3 is 14.4 Å². The lowest BCUT2D eigenvalue weighted by atomic mass is 9.83. The molecule has 0 unspecified atom stereocenters. The molecule has 3 aromatic heterocycles. The van der Waals surface area contributed by atoms with Crippen LogP contribution in [0.4, 0.5) is 10.1 Å². The minimum Gasteiger partial charge on any atom is -0.383 e. The molecule has 0 saturated heterocycles. The summed E-state index contributed by atoms with van der Waals surface area (Å²) < 4.78 is 27.0. The second-order valence-corrected chi connectivity index (χ2v) is 11.4. The van der Waals surface area contributed by atoms with Gasteiger partial charge in [-0.1, -0.05) is 28.4 Å². The van der Waals surface area contributed by atoms with Crippen LogP contribution in [0.2, 0.25) is 10.0 Å². The normalized spacial score (nSPS) is 21.9. The Bertz CT molecular complexity index is 1520. The number of halogens is 3. The fraction of sp³-hybridized carbons (Fsp3) is 0.385. The summed E-state index contributed by atoms with van der Waals surface area (Å²) in [6, 6.07) is 2.79. The fourth-order valence-electron chi connectivity index (χ4n) is 4.85. The zero-order valence-electron chi connectivity index (χ0n) is 19.5. The molecule has 0 aliphatic heterocycles. The van der Waals surface area contributed by atoms with Crippen molar-refractivity contribution >= 4 is 50.4 Å². The van der Waals surface area contributed by atoms with Crippen molar-refractivity contribution in [2.24, 2.45) is 0 Å². The highest BCUT2D eigenvalue weighted by Gasteiger charge is 2.39. The van der Waals surface area contributed by atoms with Crippen LogP contribution in [0.1, 0.15) is 60.8 Å². The number of pyridine rings is 1. The van der Waals surface area contributed by atoms with Crippen LogP contribution in [-0.4, -0.2) is 26.3 Å². The summed E-state index contributed by atoms with van der Waals surface area (Å²) in [7, 11) is 0. The van der Waals surface area contributed by atoms with E-state index in [1.807, 2.05) is 0 Å². The van der Waals surface area contributed by atoms with Gasteiger partial charge in [0.1, 0.15) is 33.4 Å². The Balaban J connectivity index is 1.18. The first-order valence-corrected chi connectivity index (χ1v) is 13.5. The maximum atomic E-state index is 14.4. The Morgan fingerprint density at radius 1 is 1.19 bits per heavy atom. The van der Waals surface area contributed by atoms with Crippen LogP contribution in [-0.2, 0) is 16.9 Å². The molecule has 0 amide bonds. The predicted molar refractivity (Wildman–Crippen MR) is 139 cm³/mol. The van der Waals surface area contributed by atoms with Crippen LogP contribution in [0.15, 0.2) is 29.0 Å². The Hall–Kier alpha value is -2.61. The molecule has 1 aromatic carbocycles. The third-order valence-electron chi connectivity index (χ3n) is 7.04. The molecule has 3 heterocycles. The molecule has 11 heteroatoms. The number of aromatic nitrogens is 3. The highest BCUT2D eigenvalue weighted by molar-refractivity contribution is 7.18. The zero-order valence-corrected chi connectivity index (χ0v) is 21.8. The van der Waals surface area contributed by atoms with Gasteiger partial charge in [0.15, 0.2) is 5.69 Å². The summed E-state index contributed by atoms with van der Waals surface area (Å²) in [5.74, 6) is 0.581. The first-order chi connectivity index (χ1) is 17.9. The van der Waals surface area contributed by atoms with Gasteiger partial charge in [-0.25, -0.2) is 14.2 Å². The molecule has 2 saturated carbocycles. The van der Waals surface area contributed by atoms with Crippen LogP contribution >= 0.6 is 34.5 Å². The van der Waals surface area contributed by atoms with E-state index >= 15 is 0 Å². The molecule has 1 N–H and O–H groups in total. The monoisotopic (exact) mass is 558 g/mol. The molecule has 2 aliphatic rings. The predicted octanol–water partition coefficient (Wildman–Crippen LogP) is 7.57. The van der Waals surface area contributed by atoms with Crippen molar-refractivity contribution in [2.45, 2.75) is 62.8 Å². The van der Waals surface area contributed by atoms with Gasteiger partial charge in [-0.3, -0.25) is 4.98 Å². The lowest BCUT2D eigenvalue weighted by Crippen LogP contribution is -2.34. The molecule has 2 fully saturated rings. The summed E-state index contributed by atoms with van der Waals surface area (Å²) in [4.78, 5) is 11.7. The topological polar surface area (TPSA) is 85.6 Å². The number of thiazole rings is 1. The number of aliphatic hydroxyl groups is 1. The first-order valence-electron chi connectivity index (χ1n) is 12.0. The number of ether oxygens (including phenoxy) is 1. The van der Waals surface area contributed by atoms with Crippen molar-refractivity contribution in [3.05, 3.63) is 68.1 Å². The number of nitrogens with zero attached hydrogens (tertiary/aromatic N) is 4. The number of fused-ring (bicyclic) bond motifs is 1. The lowest BCUT2D eigenvalue weighted by molar-refractivity contribution is -0.0641. The van der Waals surface area contributed by atoms with Gasteiger partial charge >= 0.3 is 0 Å². The minimum atomic E-state index is -1.16. The number of rotatable bonds is 6. The van der Waals surface area contributed by atoms with Crippen molar-refractivity contribution in [3.8, 4) is 11.3 Å². The van der Waals surface area contributed by atoms with Crippen molar-refractivity contribution in [2.75, 3.05) is 0 Å². The fourth-order valence-corrected chi connectivity index (χ4v) is 6.55. The highest BCUT2D eigenvalue weighted by Crippen LogP contribution is 2.47. The molecule has 4 aromatic rings. The van der Waals surface area contributed by atoms with Crippen molar-refractivity contribution < 1.29 is 18.8 Å². The molecule has 2 aliphatic carbocycles. The summed E-state index contributed by atoms with van der Waals surface area (Å²) in [5, 5.41) is 16.9. The van der Waals surface area contributed by atoms with Crippen LogP contribution < -0.4 is 0 Å². The highest BCUT2D eigenvalue weighted by atomic mass is 35.5. The number of hydrogen-bond donors (Lipinski definition) is 1. The molecule has 6 rings (SSSR count). The van der Waals surface area contributed by atoms with E-state index in [4.69, 9.17) is 39.0 Å². The van der Waals surface area contributed by atoms with Crippen LogP contribution in [0, 0.1) is 12.4 Å². The minimum absolute atomic E-state index is 0.0849. The van der Waals surface area contributed by atoms with E-state index in [1.165, 1.54) is 29.8 Å². The summed E-state index contributed by atoms with van der Waals surface area (Å²) in [5.41, 5.74) is 1.25. The Morgan fingerprint density at radius 2 is 1.92 bits per heavy atom. The van der Waals surface area contributed by atoms with Crippen LogP contribution in [0.5, 0.6) is 0 Å². The van der Waals surface area contributed by atoms with Gasteiger partial charge in [0.05, 0.1) is 29.3 Å². The Morgan fingerprint density at radius 3 is 2.59 bits per heavy atom. The third-order valence-corrected chi connectivity index (χ3v) is 8.81. The van der Waals surface area contributed by atoms with E-state index in [0.717, 1.165) is 24.2 Å². The molecular weight excluding hydrogens is 538 g/mol. The molecule has 0 atom stereocenters. The second kappa shape index (κ2) is 9.61. The van der Waals surface area contributed by atoms with Gasteiger partial charge in [-0.05, 0) is 50.7 Å². The average molecular weight is 559 g/mol. The lowest BCUT2D eigenvalue weighted by Gasteiger charge is -2.34. The number of benzene rings is 1. The SMILES string of the molecule is [C-]#[N+]c1cc(F)c2nc(C3(O)CCC(OCc4c(-c5c(Cl)cncc5Cl)noc4C4CC4)CC3)sc2c1. The van der Waals surface area contributed by atoms with Gasteiger partial charge in [0, 0.05) is 34.1 Å². The van der Waals surface area contributed by atoms with Crippen LogP contribution in [0.3, 0.4) is 0 Å². The van der Waals surface area contributed by atoms with E-state index in [-0.39, 0.29) is 23.9 Å². The number of hydrogen-bond acceptors (Lipinski definition) is 7. The van der Waals surface area contributed by atoms with Gasteiger partial charge in [-0.15, -0.1) is 11.3 Å². The van der Waals surface area contributed by atoms with E-state index < -0.39 is 11.4 Å². The van der Waals surface area contributed by atoms with Gasteiger partial charge in [0.25, 0.3) is 0 Å². The average Bonchev–Trinajstić information content (AvgIpc) is 3.49. The Kier molecular flexibility index (Phi) is 6.42. The maximum Gasteiger partial charge on any atom is 0.191 e. The summed E-state index contributed by atoms with van der Waals surface area (Å²) in [6.07, 6.45) is 7.13. The first kappa shape index (κ1) is 24.7. The largest absolute Gasteiger partial charge is 0.383 e. The molecule has 0 spiro atoms. The zero-order chi connectivity index (χ0) is 25.7. The molecule has 0 bridgehead atoms. The maximum absolute atomic E-state index is 14.4. The van der Waals surface area contributed by atoms with E-state index in [2.05, 4.69) is 20.0 Å². The molecule has 0 radical (unpaired) electrons. The second-order valence-electron chi connectivity index (χ2n) is 9.57.